The maximum absolute atomic E-state index is 13.2. The normalized spacial score (nSPS) is 11.4. The zero-order valence-electron chi connectivity index (χ0n) is 14.4. The van der Waals surface area contributed by atoms with Crippen molar-refractivity contribution < 1.29 is 18.6 Å². The standard InChI is InChI=1S/C14H21N2O4PS4/c1-15(2)10-18-13(22)24-21(17,20-12-8-6-5-7-9-12)25-14(23)19-11-16(3)4/h5-9H,10-11H2,1-4H3. The van der Waals surface area contributed by atoms with E-state index >= 15 is 0 Å². The first-order valence-electron chi connectivity index (χ1n) is 7.07. The Balaban J connectivity index is 2.79. The molecule has 0 fully saturated rings. The zero-order valence-corrected chi connectivity index (χ0v) is 18.6. The molecule has 25 heavy (non-hydrogen) atoms. The minimum Gasteiger partial charge on any atom is -0.462 e. The van der Waals surface area contributed by atoms with Gasteiger partial charge in [-0.1, -0.05) is 18.2 Å². The predicted octanol–water partition coefficient (Wildman–Crippen LogP) is 4.28. The number of hydrogen-bond donors (Lipinski definition) is 0. The Morgan fingerprint density at radius 2 is 1.40 bits per heavy atom. The molecule has 0 amide bonds. The lowest BCUT2D eigenvalue weighted by molar-refractivity contribution is 0.178. The van der Waals surface area contributed by atoms with Crippen LogP contribution in [0.5, 0.6) is 5.75 Å². The van der Waals surface area contributed by atoms with E-state index in [-0.39, 0.29) is 22.2 Å². The summed E-state index contributed by atoms with van der Waals surface area (Å²) in [7, 11) is 7.36. The van der Waals surface area contributed by atoms with Crippen molar-refractivity contribution in [2.45, 2.75) is 0 Å². The molecular weight excluding hydrogens is 419 g/mol. The SMILES string of the molecule is CN(C)COC(=S)SP(=O)(Oc1ccccc1)SC(=S)OCN(C)C. The lowest BCUT2D eigenvalue weighted by atomic mass is 10.3. The third kappa shape index (κ3) is 10.4. The first-order valence-corrected chi connectivity index (χ1v) is 12.4. The number of hydrogen-bond acceptors (Lipinski definition) is 10. The van der Waals surface area contributed by atoms with Gasteiger partial charge in [0.2, 0.25) is 8.77 Å². The Kier molecular flexibility index (Phi) is 10.3. The molecular formula is C14H21N2O4PS4. The first-order chi connectivity index (χ1) is 11.7. The molecule has 0 aliphatic rings. The Morgan fingerprint density at radius 1 is 0.960 bits per heavy atom. The smallest absolute Gasteiger partial charge is 0.376 e. The summed E-state index contributed by atoms with van der Waals surface area (Å²) in [5, 5.41) is 0. The second kappa shape index (κ2) is 11.4. The molecule has 0 atom stereocenters. The molecule has 0 unspecified atom stereocenters. The molecule has 6 nitrogen and oxygen atoms in total. The molecule has 1 aromatic rings. The summed E-state index contributed by atoms with van der Waals surface area (Å²) >= 11 is 12.0. The van der Waals surface area contributed by atoms with Gasteiger partial charge in [0.05, 0.1) is 0 Å². The van der Waals surface area contributed by atoms with Crippen molar-refractivity contribution in [1.29, 1.82) is 0 Å². The molecule has 140 valence electrons. The lowest BCUT2D eigenvalue weighted by Gasteiger charge is -2.20. The topological polar surface area (TPSA) is 51.2 Å². The van der Waals surface area contributed by atoms with Crippen LogP contribution in [-0.4, -0.2) is 60.2 Å². The Bertz CT molecular complexity index is 586. The van der Waals surface area contributed by atoms with Crippen LogP contribution in [0.1, 0.15) is 0 Å². The van der Waals surface area contributed by atoms with Crippen molar-refractivity contribution in [2.75, 3.05) is 41.7 Å². The first kappa shape index (κ1) is 22.7. The molecule has 0 radical (unpaired) electrons. The molecule has 0 heterocycles. The minimum absolute atomic E-state index is 0.121. The van der Waals surface area contributed by atoms with E-state index < -0.39 is 5.77 Å². The lowest BCUT2D eigenvalue weighted by Crippen LogP contribution is -2.18. The van der Waals surface area contributed by atoms with Crippen LogP contribution in [0.3, 0.4) is 0 Å². The van der Waals surface area contributed by atoms with Crippen molar-refractivity contribution in [1.82, 2.24) is 9.80 Å². The van der Waals surface area contributed by atoms with Gasteiger partial charge in [0.25, 0.3) is 0 Å². The van der Waals surface area contributed by atoms with Crippen LogP contribution in [0.4, 0.5) is 0 Å². The van der Waals surface area contributed by atoms with E-state index in [0.717, 1.165) is 22.8 Å². The molecule has 11 heteroatoms. The second-order valence-electron chi connectivity index (χ2n) is 5.24. The van der Waals surface area contributed by atoms with Gasteiger partial charge in [-0.3, -0.25) is 14.4 Å². The van der Waals surface area contributed by atoms with E-state index in [9.17, 15) is 4.57 Å². The average Bonchev–Trinajstić information content (AvgIpc) is 2.51. The molecule has 0 bridgehead atoms. The van der Waals surface area contributed by atoms with Gasteiger partial charge in [0.15, 0.2) is 0 Å². The van der Waals surface area contributed by atoms with Gasteiger partial charge in [-0.25, -0.2) is 0 Å². The fourth-order valence-electron chi connectivity index (χ4n) is 1.27. The third-order valence-electron chi connectivity index (χ3n) is 2.21. The molecule has 0 N–H and O–H groups in total. The Labute approximate surface area is 167 Å². The quantitative estimate of drug-likeness (QED) is 0.332. The van der Waals surface area contributed by atoms with E-state index in [0.29, 0.717) is 5.75 Å². The summed E-state index contributed by atoms with van der Waals surface area (Å²) in [4.78, 5) is 3.60. The fraction of sp³-hybridized carbons (Fsp3) is 0.429. The predicted molar refractivity (Wildman–Crippen MR) is 114 cm³/mol. The van der Waals surface area contributed by atoms with Gasteiger partial charge < -0.3 is 14.0 Å². The summed E-state index contributed by atoms with van der Waals surface area (Å²) in [6, 6.07) is 8.84. The zero-order chi connectivity index (χ0) is 18.9. The second-order valence-corrected chi connectivity index (χ2v) is 13.4. The number of ether oxygens (including phenoxy) is 2. The highest BCUT2D eigenvalue weighted by Crippen LogP contribution is 2.70. The molecule has 0 spiro atoms. The number of nitrogens with zero attached hydrogens (tertiary/aromatic N) is 2. The van der Waals surface area contributed by atoms with Crippen LogP contribution in [-0.2, 0) is 14.0 Å². The van der Waals surface area contributed by atoms with Crippen LogP contribution < -0.4 is 4.52 Å². The van der Waals surface area contributed by atoms with Gasteiger partial charge >= 0.3 is 5.77 Å². The Hall–Kier alpha value is -0.350. The average molecular weight is 441 g/mol. The van der Waals surface area contributed by atoms with E-state index in [1.807, 2.05) is 34.3 Å². The van der Waals surface area contributed by atoms with E-state index in [4.69, 9.17) is 38.4 Å². The molecule has 0 saturated heterocycles. The molecule has 1 rings (SSSR count). The van der Waals surface area contributed by atoms with Crippen molar-refractivity contribution >= 4 is 61.7 Å². The summed E-state index contributed by atoms with van der Waals surface area (Å²) in [5.41, 5.74) is 0. The van der Waals surface area contributed by atoms with Crippen LogP contribution in [0.25, 0.3) is 0 Å². The van der Waals surface area contributed by atoms with Gasteiger partial charge in [-0.05, 0) is 64.8 Å². The number of benzene rings is 1. The fourth-order valence-corrected chi connectivity index (χ4v) is 8.87. The number of thiocarbonyl (C=S) groups is 2. The van der Waals surface area contributed by atoms with Crippen LogP contribution in [0.15, 0.2) is 30.3 Å². The van der Waals surface area contributed by atoms with Crippen molar-refractivity contribution in [3.63, 3.8) is 0 Å². The summed E-state index contributed by atoms with van der Waals surface area (Å²) in [6.07, 6.45) is 0. The maximum Gasteiger partial charge on any atom is 0.376 e. The van der Waals surface area contributed by atoms with Crippen LogP contribution in [0.2, 0.25) is 0 Å². The summed E-state index contributed by atoms with van der Waals surface area (Å²) in [5.74, 6) is -2.95. The van der Waals surface area contributed by atoms with E-state index in [1.165, 1.54) is 0 Å². The van der Waals surface area contributed by atoms with Crippen molar-refractivity contribution in [3.05, 3.63) is 30.3 Å². The van der Waals surface area contributed by atoms with Gasteiger partial charge in [-0.2, -0.15) is 0 Å². The largest absolute Gasteiger partial charge is 0.462 e. The monoisotopic (exact) mass is 440 g/mol. The molecule has 0 saturated carbocycles. The van der Waals surface area contributed by atoms with Gasteiger partial charge in [0, 0.05) is 22.8 Å². The summed E-state index contributed by atoms with van der Waals surface area (Å²) in [6.45, 7) is 0.562. The van der Waals surface area contributed by atoms with Crippen LogP contribution >= 0.6 is 53.0 Å². The van der Waals surface area contributed by atoms with Gasteiger partial charge in [-0.15, -0.1) is 0 Å². The molecule has 1 aromatic carbocycles. The Morgan fingerprint density at radius 3 is 1.80 bits per heavy atom. The number of rotatable bonds is 8. The molecule has 0 aromatic heterocycles. The highest BCUT2D eigenvalue weighted by molar-refractivity contribution is 8.96. The van der Waals surface area contributed by atoms with E-state index in [1.54, 1.807) is 34.1 Å². The van der Waals surface area contributed by atoms with Gasteiger partial charge in [0.1, 0.15) is 19.2 Å². The third-order valence-corrected chi connectivity index (χ3v) is 9.23. The highest BCUT2D eigenvalue weighted by Gasteiger charge is 2.33. The van der Waals surface area contributed by atoms with Crippen molar-refractivity contribution in [3.8, 4) is 5.75 Å². The van der Waals surface area contributed by atoms with E-state index in [2.05, 4.69) is 0 Å². The molecule has 0 aliphatic carbocycles. The summed E-state index contributed by atoms with van der Waals surface area (Å²) < 4.78 is 29.9. The minimum atomic E-state index is -3.41. The number of para-hydroxylation sites is 1. The molecule has 0 aliphatic heterocycles. The maximum atomic E-state index is 13.2. The van der Waals surface area contributed by atoms with Crippen LogP contribution in [0, 0.1) is 0 Å². The highest BCUT2D eigenvalue weighted by atomic mass is 33.1. The van der Waals surface area contributed by atoms with Crippen molar-refractivity contribution in [2.24, 2.45) is 0 Å².